The smallest absolute Gasteiger partial charge is 0.254 e. The van der Waals surface area contributed by atoms with Crippen LogP contribution in [0.4, 0.5) is 4.39 Å². The molecule has 2 aliphatic heterocycles. The summed E-state index contributed by atoms with van der Waals surface area (Å²) in [5, 5.41) is 0.297. The number of amides is 1. The number of benzene rings is 2. The quantitative estimate of drug-likeness (QED) is 0.712. The molecule has 0 spiro atoms. The monoisotopic (exact) mass is 454 g/mol. The maximum absolute atomic E-state index is 13.1. The van der Waals surface area contributed by atoms with E-state index in [-0.39, 0.29) is 30.4 Å². The van der Waals surface area contributed by atoms with Gasteiger partial charge in [0.1, 0.15) is 19.0 Å². The van der Waals surface area contributed by atoms with Crippen molar-refractivity contribution in [3.63, 3.8) is 0 Å². The van der Waals surface area contributed by atoms with E-state index in [0.29, 0.717) is 48.3 Å². The highest BCUT2D eigenvalue weighted by Crippen LogP contribution is 2.38. The second-order valence-electron chi connectivity index (χ2n) is 6.99. The van der Waals surface area contributed by atoms with Gasteiger partial charge < -0.3 is 14.4 Å². The first-order valence-electron chi connectivity index (χ1n) is 9.50. The molecule has 2 aliphatic rings. The molecule has 0 radical (unpaired) electrons. The minimum absolute atomic E-state index is 0.0299. The molecule has 10 heteroatoms. The molecule has 0 N–H and O–H groups in total. The van der Waals surface area contributed by atoms with E-state index < -0.39 is 15.8 Å². The van der Waals surface area contributed by atoms with Crippen LogP contribution in [0.5, 0.6) is 11.5 Å². The van der Waals surface area contributed by atoms with E-state index in [2.05, 4.69) is 0 Å². The van der Waals surface area contributed by atoms with Gasteiger partial charge in [-0.3, -0.25) is 4.79 Å². The standard InChI is InChI=1S/C20H20ClFN2O5S/c21-17-12-14(13-18-19(17)29-11-10-28-18)20(25)23-6-1-7-24(9-8-23)30(26,27)16-4-2-15(22)3-5-16/h2-5,12-13H,1,6-11H2. The number of rotatable bonds is 3. The third-order valence-electron chi connectivity index (χ3n) is 5.04. The molecule has 0 aliphatic carbocycles. The average Bonchev–Trinajstić information content (AvgIpc) is 3.00. The molecule has 1 saturated heterocycles. The predicted molar refractivity (Wildman–Crippen MR) is 108 cm³/mol. The van der Waals surface area contributed by atoms with E-state index >= 15 is 0 Å². The lowest BCUT2D eigenvalue weighted by Gasteiger charge is -2.24. The Morgan fingerprint density at radius 3 is 2.50 bits per heavy atom. The van der Waals surface area contributed by atoms with Gasteiger partial charge in [-0.05, 0) is 42.8 Å². The Hall–Kier alpha value is -2.36. The van der Waals surface area contributed by atoms with Crippen LogP contribution in [0.25, 0.3) is 0 Å². The van der Waals surface area contributed by atoms with Crippen LogP contribution >= 0.6 is 11.6 Å². The number of hydrogen-bond donors (Lipinski definition) is 0. The van der Waals surface area contributed by atoms with Gasteiger partial charge in [0.25, 0.3) is 5.91 Å². The van der Waals surface area contributed by atoms with Crippen molar-refractivity contribution in [2.75, 3.05) is 39.4 Å². The van der Waals surface area contributed by atoms with E-state index in [1.165, 1.54) is 22.5 Å². The number of carbonyl (C=O) groups excluding carboxylic acids is 1. The molecule has 0 saturated carbocycles. The SMILES string of the molecule is O=C(c1cc(Cl)c2c(c1)OCCO2)N1CCCN(S(=O)(=O)c2ccc(F)cc2)CC1. The first kappa shape index (κ1) is 20.9. The van der Waals surface area contributed by atoms with Crippen LogP contribution in [0.15, 0.2) is 41.3 Å². The minimum atomic E-state index is -3.76. The van der Waals surface area contributed by atoms with Crippen LogP contribution in [0.3, 0.4) is 0 Å². The molecule has 2 aromatic carbocycles. The Kier molecular flexibility index (Phi) is 5.86. The summed E-state index contributed by atoms with van der Waals surface area (Å²) in [6, 6.07) is 7.86. The van der Waals surface area contributed by atoms with Crippen LogP contribution in [0.2, 0.25) is 5.02 Å². The van der Waals surface area contributed by atoms with Crippen molar-refractivity contribution in [3.05, 3.63) is 52.8 Å². The summed E-state index contributed by atoms with van der Waals surface area (Å²) < 4.78 is 51.2. The first-order valence-corrected chi connectivity index (χ1v) is 11.3. The number of hydrogen-bond acceptors (Lipinski definition) is 5. The summed E-state index contributed by atoms with van der Waals surface area (Å²) in [4.78, 5) is 14.6. The van der Waals surface area contributed by atoms with Gasteiger partial charge in [0, 0.05) is 31.7 Å². The van der Waals surface area contributed by atoms with Crippen molar-refractivity contribution in [2.45, 2.75) is 11.3 Å². The number of nitrogens with zero attached hydrogens (tertiary/aromatic N) is 2. The average molecular weight is 455 g/mol. The van der Waals surface area contributed by atoms with Gasteiger partial charge in [-0.2, -0.15) is 4.31 Å². The van der Waals surface area contributed by atoms with Crippen LogP contribution in [-0.2, 0) is 10.0 Å². The van der Waals surface area contributed by atoms with Gasteiger partial charge in [-0.15, -0.1) is 0 Å². The molecule has 30 heavy (non-hydrogen) atoms. The third kappa shape index (κ3) is 4.10. The summed E-state index contributed by atoms with van der Waals surface area (Å²) in [5.41, 5.74) is 0.360. The summed E-state index contributed by atoms with van der Waals surface area (Å²) in [7, 11) is -3.76. The van der Waals surface area contributed by atoms with Crippen LogP contribution in [0.1, 0.15) is 16.8 Å². The first-order chi connectivity index (χ1) is 14.4. The Labute approximate surface area is 179 Å². The molecular weight excluding hydrogens is 435 g/mol. The van der Waals surface area contributed by atoms with Gasteiger partial charge in [0.05, 0.1) is 9.92 Å². The largest absolute Gasteiger partial charge is 0.486 e. The zero-order valence-electron chi connectivity index (χ0n) is 16.0. The summed E-state index contributed by atoms with van der Waals surface area (Å²) in [6.07, 6.45) is 0.477. The van der Waals surface area contributed by atoms with E-state index in [9.17, 15) is 17.6 Å². The van der Waals surface area contributed by atoms with E-state index in [1.807, 2.05) is 0 Å². The molecule has 1 fully saturated rings. The van der Waals surface area contributed by atoms with Crippen LogP contribution in [0, 0.1) is 5.82 Å². The molecule has 7 nitrogen and oxygen atoms in total. The third-order valence-corrected chi connectivity index (χ3v) is 7.23. The van der Waals surface area contributed by atoms with Crippen molar-refractivity contribution in [1.82, 2.24) is 9.21 Å². The second kappa shape index (κ2) is 8.41. The van der Waals surface area contributed by atoms with Crippen molar-refractivity contribution in [3.8, 4) is 11.5 Å². The molecule has 2 aromatic rings. The van der Waals surface area contributed by atoms with Crippen molar-refractivity contribution >= 4 is 27.5 Å². The molecule has 4 rings (SSSR count). The summed E-state index contributed by atoms with van der Waals surface area (Å²) in [6.45, 7) is 1.81. The summed E-state index contributed by atoms with van der Waals surface area (Å²) in [5.74, 6) is 0.0916. The maximum Gasteiger partial charge on any atom is 0.254 e. The topological polar surface area (TPSA) is 76.2 Å². The Bertz CT molecular complexity index is 1060. The highest BCUT2D eigenvalue weighted by Gasteiger charge is 2.29. The predicted octanol–water partition coefficient (Wildman–Crippen LogP) is 2.79. The fourth-order valence-corrected chi connectivity index (χ4v) is 5.24. The molecule has 2 heterocycles. The van der Waals surface area contributed by atoms with Gasteiger partial charge >= 0.3 is 0 Å². The number of fused-ring (bicyclic) bond motifs is 1. The Balaban J connectivity index is 1.50. The van der Waals surface area contributed by atoms with Crippen molar-refractivity contribution < 1.29 is 27.1 Å². The Morgan fingerprint density at radius 1 is 1.00 bits per heavy atom. The van der Waals surface area contributed by atoms with E-state index in [1.54, 1.807) is 11.0 Å². The zero-order valence-corrected chi connectivity index (χ0v) is 17.6. The van der Waals surface area contributed by atoms with Crippen molar-refractivity contribution in [2.24, 2.45) is 0 Å². The zero-order chi connectivity index (χ0) is 21.3. The number of halogens is 2. The lowest BCUT2D eigenvalue weighted by atomic mass is 10.1. The van der Waals surface area contributed by atoms with Crippen LogP contribution in [-0.4, -0.2) is 62.9 Å². The van der Waals surface area contributed by atoms with E-state index in [0.717, 1.165) is 12.1 Å². The molecule has 160 valence electrons. The highest BCUT2D eigenvalue weighted by atomic mass is 35.5. The summed E-state index contributed by atoms with van der Waals surface area (Å²) >= 11 is 6.23. The van der Waals surface area contributed by atoms with Crippen molar-refractivity contribution in [1.29, 1.82) is 0 Å². The number of carbonyl (C=O) groups is 1. The van der Waals surface area contributed by atoms with Gasteiger partial charge in [0.15, 0.2) is 11.5 Å². The maximum atomic E-state index is 13.1. The van der Waals surface area contributed by atoms with Crippen LogP contribution < -0.4 is 9.47 Å². The molecule has 0 atom stereocenters. The molecule has 1 amide bonds. The molecular formula is C20H20ClFN2O5S. The Morgan fingerprint density at radius 2 is 1.73 bits per heavy atom. The number of ether oxygens (including phenoxy) is 2. The van der Waals surface area contributed by atoms with Gasteiger partial charge in [-0.25, -0.2) is 12.8 Å². The fraction of sp³-hybridized carbons (Fsp3) is 0.350. The van der Waals surface area contributed by atoms with Gasteiger partial charge in [-0.1, -0.05) is 11.6 Å². The fourth-order valence-electron chi connectivity index (χ4n) is 3.51. The second-order valence-corrected chi connectivity index (χ2v) is 9.33. The molecule has 0 aromatic heterocycles. The number of sulfonamides is 1. The normalized spacial score (nSPS) is 17.5. The lowest BCUT2D eigenvalue weighted by Crippen LogP contribution is -2.37. The lowest BCUT2D eigenvalue weighted by molar-refractivity contribution is 0.0763. The van der Waals surface area contributed by atoms with E-state index in [4.69, 9.17) is 21.1 Å². The molecule has 0 bridgehead atoms. The minimum Gasteiger partial charge on any atom is -0.486 e. The highest BCUT2D eigenvalue weighted by molar-refractivity contribution is 7.89. The molecule has 0 unspecified atom stereocenters. The van der Waals surface area contributed by atoms with Gasteiger partial charge in [0.2, 0.25) is 10.0 Å².